The molecule has 4 saturated carbocycles. The van der Waals surface area contributed by atoms with Gasteiger partial charge >= 0.3 is 11.9 Å². The van der Waals surface area contributed by atoms with E-state index in [9.17, 15) is 9.59 Å². The fourth-order valence-corrected chi connectivity index (χ4v) is 5.23. The van der Waals surface area contributed by atoms with E-state index < -0.39 is 5.41 Å². The molecule has 4 rings (SSSR count). The first-order valence-electron chi connectivity index (χ1n) is 9.31. The van der Waals surface area contributed by atoms with Gasteiger partial charge in [0.05, 0.1) is 18.4 Å². The highest BCUT2D eigenvalue weighted by atomic mass is 16.5. The van der Waals surface area contributed by atoms with Gasteiger partial charge in [0.1, 0.15) is 6.10 Å². The molecule has 4 heteroatoms. The smallest absolute Gasteiger partial charge is 0.312 e. The summed E-state index contributed by atoms with van der Waals surface area (Å²) in [4.78, 5) is 24.6. The number of ether oxygens (including phenoxy) is 2. The van der Waals surface area contributed by atoms with Crippen molar-refractivity contribution in [3.05, 3.63) is 0 Å². The summed E-state index contributed by atoms with van der Waals surface area (Å²) in [6, 6.07) is 0. The molecule has 0 saturated heterocycles. The standard InChI is InChI=1S/C19H30O4/c1-4-19(3,18(21)22-5-2)11-16(20)23-17-14-7-12-6-13(9-14)10-15(17)8-12/h12-15,17H,4-11H2,1-3H3. The summed E-state index contributed by atoms with van der Waals surface area (Å²) in [6.45, 7) is 5.87. The first kappa shape index (κ1) is 16.8. The normalized spacial score (nSPS) is 37.3. The molecule has 0 aliphatic heterocycles. The first-order chi connectivity index (χ1) is 10.9. The summed E-state index contributed by atoms with van der Waals surface area (Å²) in [6.07, 6.45) is 7.13. The second-order valence-electron chi connectivity index (χ2n) is 8.20. The summed E-state index contributed by atoms with van der Waals surface area (Å²) in [5.74, 6) is 2.35. The highest BCUT2D eigenvalue weighted by Crippen LogP contribution is 2.54. The van der Waals surface area contributed by atoms with Crippen molar-refractivity contribution in [1.29, 1.82) is 0 Å². The van der Waals surface area contributed by atoms with E-state index in [4.69, 9.17) is 9.47 Å². The van der Waals surface area contributed by atoms with Gasteiger partial charge in [0.15, 0.2) is 0 Å². The molecule has 0 aromatic rings. The molecular weight excluding hydrogens is 292 g/mol. The lowest BCUT2D eigenvalue weighted by Crippen LogP contribution is -2.50. The van der Waals surface area contributed by atoms with Crippen LogP contribution < -0.4 is 0 Å². The SMILES string of the molecule is CCOC(=O)C(C)(CC)CC(=O)OC1C2CC3CC(C2)CC1C3. The Kier molecular flexibility index (Phi) is 4.70. The predicted octanol–water partition coefficient (Wildman–Crippen LogP) is 3.72. The summed E-state index contributed by atoms with van der Waals surface area (Å²) in [7, 11) is 0. The number of hydrogen-bond donors (Lipinski definition) is 0. The number of carbonyl (C=O) groups excluding carboxylic acids is 2. The predicted molar refractivity (Wildman–Crippen MR) is 86.6 cm³/mol. The van der Waals surface area contributed by atoms with Gasteiger partial charge in [-0.15, -0.1) is 0 Å². The van der Waals surface area contributed by atoms with E-state index in [0.717, 1.165) is 11.8 Å². The zero-order valence-corrected chi connectivity index (χ0v) is 14.7. The maximum Gasteiger partial charge on any atom is 0.312 e. The van der Waals surface area contributed by atoms with E-state index in [1.165, 1.54) is 32.1 Å². The summed E-state index contributed by atoms with van der Waals surface area (Å²) in [5.41, 5.74) is -0.765. The van der Waals surface area contributed by atoms with Crippen LogP contribution in [0.5, 0.6) is 0 Å². The van der Waals surface area contributed by atoms with Crippen molar-refractivity contribution < 1.29 is 19.1 Å². The highest BCUT2D eigenvalue weighted by Gasteiger charge is 2.50. The third-order valence-corrected chi connectivity index (χ3v) is 6.49. The molecule has 1 atom stereocenters. The fourth-order valence-electron chi connectivity index (χ4n) is 5.23. The molecular formula is C19H30O4. The molecule has 4 bridgehead atoms. The van der Waals surface area contributed by atoms with Crippen LogP contribution in [0.3, 0.4) is 0 Å². The minimum Gasteiger partial charge on any atom is -0.466 e. The van der Waals surface area contributed by atoms with Crippen LogP contribution in [0, 0.1) is 29.1 Å². The fraction of sp³-hybridized carbons (Fsp3) is 0.895. The number of hydrogen-bond acceptors (Lipinski definition) is 4. The third-order valence-electron chi connectivity index (χ3n) is 6.49. The van der Waals surface area contributed by atoms with Crippen molar-refractivity contribution in [3.8, 4) is 0 Å². The maximum atomic E-state index is 12.5. The second-order valence-corrected chi connectivity index (χ2v) is 8.20. The molecule has 0 aromatic heterocycles. The summed E-state index contributed by atoms with van der Waals surface area (Å²) < 4.78 is 11.0. The molecule has 0 N–H and O–H groups in total. The number of carbonyl (C=O) groups is 2. The Morgan fingerprint density at radius 1 is 1.00 bits per heavy atom. The van der Waals surface area contributed by atoms with Crippen LogP contribution in [0.15, 0.2) is 0 Å². The monoisotopic (exact) mass is 322 g/mol. The van der Waals surface area contributed by atoms with Crippen molar-refractivity contribution in [1.82, 2.24) is 0 Å². The van der Waals surface area contributed by atoms with Gasteiger partial charge in [-0.2, -0.15) is 0 Å². The van der Waals surface area contributed by atoms with E-state index in [1.807, 2.05) is 13.8 Å². The molecule has 4 nitrogen and oxygen atoms in total. The molecule has 0 radical (unpaired) electrons. The summed E-state index contributed by atoms with van der Waals surface area (Å²) in [5, 5.41) is 0. The first-order valence-corrected chi connectivity index (χ1v) is 9.31. The molecule has 23 heavy (non-hydrogen) atoms. The van der Waals surface area contributed by atoms with Crippen LogP contribution in [-0.4, -0.2) is 24.6 Å². The van der Waals surface area contributed by atoms with Crippen molar-refractivity contribution in [2.45, 2.75) is 71.8 Å². The Bertz CT molecular complexity index is 444. The highest BCUT2D eigenvalue weighted by molar-refractivity contribution is 5.83. The van der Waals surface area contributed by atoms with E-state index >= 15 is 0 Å². The topological polar surface area (TPSA) is 52.6 Å². The van der Waals surface area contributed by atoms with Gasteiger partial charge in [-0.25, -0.2) is 0 Å². The maximum absolute atomic E-state index is 12.5. The van der Waals surface area contributed by atoms with Crippen LogP contribution in [0.1, 0.15) is 65.7 Å². The van der Waals surface area contributed by atoms with Crippen molar-refractivity contribution in [3.63, 3.8) is 0 Å². The average Bonchev–Trinajstić information content (AvgIpc) is 2.50. The zero-order valence-electron chi connectivity index (χ0n) is 14.7. The van der Waals surface area contributed by atoms with Gasteiger partial charge in [-0.05, 0) is 76.0 Å². The quantitative estimate of drug-likeness (QED) is 0.699. The molecule has 1 unspecified atom stereocenters. The Labute approximate surface area is 139 Å². The Balaban J connectivity index is 1.60. The molecule has 130 valence electrons. The van der Waals surface area contributed by atoms with Gasteiger partial charge in [0.25, 0.3) is 0 Å². The van der Waals surface area contributed by atoms with Crippen molar-refractivity contribution in [2.75, 3.05) is 6.61 Å². The van der Waals surface area contributed by atoms with Crippen molar-refractivity contribution >= 4 is 11.9 Å². The average molecular weight is 322 g/mol. The summed E-state index contributed by atoms with van der Waals surface area (Å²) >= 11 is 0. The Hall–Kier alpha value is -1.06. The molecule has 4 aliphatic carbocycles. The number of rotatable bonds is 6. The number of esters is 2. The lowest BCUT2D eigenvalue weighted by molar-refractivity contribution is -0.177. The molecule has 0 amide bonds. The minimum atomic E-state index is -0.765. The van der Waals surface area contributed by atoms with Gasteiger partial charge in [-0.3, -0.25) is 9.59 Å². The molecule has 0 spiro atoms. The zero-order chi connectivity index (χ0) is 16.6. The second kappa shape index (κ2) is 6.45. The molecule has 4 fully saturated rings. The van der Waals surface area contributed by atoms with Crippen LogP contribution >= 0.6 is 0 Å². The molecule has 4 aliphatic rings. The van der Waals surface area contributed by atoms with E-state index in [2.05, 4.69) is 0 Å². The minimum absolute atomic E-state index is 0.0959. The molecule has 0 heterocycles. The van der Waals surface area contributed by atoms with Gasteiger partial charge in [0.2, 0.25) is 0 Å². The lowest BCUT2D eigenvalue weighted by Gasteiger charge is -2.53. The third kappa shape index (κ3) is 3.27. The Morgan fingerprint density at radius 2 is 1.57 bits per heavy atom. The van der Waals surface area contributed by atoms with Gasteiger partial charge in [0, 0.05) is 0 Å². The van der Waals surface area contributed by atoms with Crippen molar-refractivity contribution in [2.24, 2.45) is 29.1 Å². The van der Waals surface area contributed by atoms with Gasteiger partial charge < -0.3 is 9.47 Å². The largest absolute Gasteiger partial charge is 0.466 e. The van der Waals surface area contributed by atoms with Crippen LogP contribution in [-0.2, 0) is 19.1 Å². The van der Waals surface area contributed by atoms with Crippen LogP contribution in [0.25, 0.3) is 0 Å². The van der Waals surface area contributed by atoms with E-state index in [1.54, 1.807) is 6.92 Å². The van der Waals surface area contributed by atoms with Crippen LogP contribution in [0.2, 0.25) is 0 Å². The Morgan fingerprint density at radius 3 is 2.04 bits per heavy atom. The van der Waals surface area contributed by atoms with E-state index in [-0.39, 0.29) is 24.5 Å². The molecule has 0 aromatic carbocycles. The van der Waals surface area contributed by atoms with Gasteiger partial charge in [-0.1, -0.05) is 6.92 Å². The van der Waals surface area contributed by atoms with Crippen LogP contribution in [0.4, 0.5) is 0 Å². The lowest BCUT2D eigenvalue weighted by atomic mass is 9.55. The van der Waals surface area contributed by atoms with E-state index in [0.29, 0.717) is 24.9 Å².